The molecule has 0 aromatic heterocycles. The van der Waals surface area contributed by atoms with Crippen molar-refractivity contribution in [3.05, 3.63) is 29.8 Å². The third-order valence-electron chi connectivity index (χ3n) is 2.72. The van der Waals surface area contributed by atoms with Crippen molar-refractivity contribution in [3.8, 4) is 5.75 Å². The van der Waals surface area contributed by atoms with Gasteiger partial charge in [-0.05, 0) is 24.3 Å². The fourth-order valence-electron chi connectivity index (χ4n) is 1.56. The SMILES string of the molecule is COC(=O)CN(CC(=O)OC)C(=O)c1ccc(OC)cc1. The second kappa shape index (κ2) is 7.88. The van der Waals surface area contributed by atoms with Gasteiger partial charge in [0, 0.05) is 5.56 Å². The fourth-order valence-corrected chi connectivity index (χ4v) is 1.56. The first kappa shape index (κ1) is 16.5. The van der Waals surface area contributed by atoms with E-state index in [9.17, 15) is 14.4 Å². The Labute approximate surface area is 122 Å². The van der Waals surface area contributed by atoms with E-state index in [2.05, 4.69) is 9.47 Å². The molecule has 114 valence electrons. The van der Waals surface area contributed by atoms with E-state index >= 15 is 0 Å². The summed E-state index contributed by atoms with van der Waals surface area (Å²) in [6, 6.07) is 6.31. The molecule has 1 aromatic carbocycles. The van der Waals surface area contributed by atoms with Crippen molar-refractivity contribution in [1.29, 1.82) is 0 Å². The molecule has 0 aliphatic carbocycles. The summed E-state index contributed by atoms with van der Waals surface area (Å²) in [4.78, 5) is 36.1. The number of nitrogens with zero attached hydrogens (tertiary/aromatic N) is 1. The summed E-state index contributed by atoms with van der Waals surface area (Å²) in [5, 5.41) is 0. The molecule has 0 N–H and O–H groups in total. The number of hydrogen-bond acceptors (Lipinski definition) is 6. The molecule has 1 rings (SSSR count). The highest BCUT2D eigenvalue weighted by molar-refractivity contribution is 5.97. The largest absolute Gasteiger partial charge is 0.497 e. The molecule has 0 saturated carbocycles. The predicted octanol–water partition coefficient (Wildman–Crippen LogP) is 0.483. The average molecular weight is 295 g/mol. The van der Waals surface area contributed by atoms with E-state index in [1.54, 1.807) is 24.3 Å². The van der Waals surface area contributed by atoms with Gasteiger partial charge >= 0.3 is 11.9 Å². The van der Waals surface area contributed by atoms with E-state index in [-0.39, 0.29) is 13.1 Å². The highest BCUT2D eigenvalue weighted by atomic mass is 16.5. The van der Waals surface area contributed by atoms with Crippen LogP contribution in [0.25, 0.3) is 0 Å². The molecule has 0 aliphatic rings. The van der Waals surface area contributed by atoms with E-state index in [1.807, 2.05) is 0 Å². The predicted molar refractivity (Wildman–Crippen MR) is 72.9 cm³/mol. The van der Waals surface area contributed by atoms with Gasteiger partial charge < -0.3 is 19.1 Å². The van der Waals surface area contributed by atoms with Crippen LogP contribution in [0.2, 0.25) is 0 Å². The summed E-state index contributed by atoms with van der Waals surface area (Å²) in [6.45, 7) is -0.674. The minimum Gasteiger partial charge on any atom is -0.497 e. The topological polar surface area (TPSA) is 82.1 Å². The number of benzene rings is 1. The van der Waals surface area contributed by atoms with Crippen LogP contribution in [0.15, 0.2) is 24.3 Å². The van der Waals surface area contributed by atoms with Crippen molar-refractivity contribution in [2.45, 2.75) is 0 Å². The molecule has 1 aromatic rings. The summed E-state index contributed by atoms with van der Waals surface area (Å²) in [5.74, 6) is -1.13. The highest BCUT2D eigenvalue weighted by Crippen LogP contribution is 2.13. The number of rotatable bonds is 6. The van der Waals surface area contributed by atoms with Crippen LogP contribution < -0.4 is 4.74 Å². The van der Waals surface area contributed by atoms with Crippen molar-refractivity contribution in [2.24, 2.45) is 0 Å². The fraction of sp³-hybridized carbons (Fsp3) is 0.357. The second-order valence-corrected chi connectivity index (χ2v) is 4.04. The zero-order valence-corrected chi connectivity index (χ0v) is 12.1. The number of esters is 2. The molecule has 0 bridgehead atoms. The molecule has 0 aliphatic heterocycles. The number of amides is 1. The van der Waals surface area contributed by atoms with Crippen LogP contribution in [0.4, 0.5) is 0 Å². The lowest BCUT2D eigenvalue weighted by atomic mass is 10.2. The van der Waals surface area contributed by atoms with Crippen LogP contribution in [0, 0.1) is 0 Å². The second-order valence-electron chi connectivity index (χ2n) is 4.04. The molecule has 0 heterocycles. The van der Waals surface area contributed by atoms with Gasteiger partial charge in [-0.25, -0.2) is 0 Å². The molecular formula is C14H17NO6. The van der Waals surface area contributed by atoms with Gasteiger partial charge in [-0.3, -0.25) is 14.4 Å². The van der Waals surface area contributed by atoms with Crippen molar-refractivity contribution in [2.75, 3.05) is 34.4 Å². The van der Waals surface area contributed by atoms with E-state index < -0.39 is 17.8 Å². The van der Waals surface area contributed by atoms with Gasteiger partial charge in [0.05, 0.1) is 21.3 Å². The Morgan fingerprint density at radius 1 is 0.905 bits per heavy atom. The Morgan fingerprint density at radius 3 is 1.76 bits per heavy atom. The number of carbonyl (C=O) groups excluding carboxylic acids is 3. The molecule has 0 saturated heterocycles. The van der Waals surface area contributed by atoms with Crippen LogP contribution in [-0.2, 0) is 19.1 Å². The molecule has 21 heavy (non-hydrogen) atoms. The first-order valence-electron chi connectivity index (χ1n) is 6.08. The summed E-state index contributed by atoms with van der Waals surface area (Å²) < 4.78 is 14.0. The maximum Gasteiger partial charge on any atom is 0.325 e. The van der Waals surface area contributed by atoms with Crippen LogP contribution in [0.3, 0.4) is 0 Å². The van der Waals surface area contributed by atoms with Gasteiger partial charge in [-0.1, -0.05) is 0 Å². The molecule has 0 atom stereocenters. The van der Waals surface area contributed by atoms with Crippen molar-refractivity contribution < 1.29 is 28.6 Å². The van der Waals surface area contributed by atoms with E-state index in [4.69, 9.17) is 4.74 Å². The number of ether oxygens (including phenoxy) is 3. The molecule has 1 amide bonds. The van der Waals surface area contributed by atoms with E-state index in [1.165, 1.54) is 21.3 Å². The van der Waals surface area contributed by atoms with Crippen LogP contribution in [0.5, 0.6) is 5.75 Å². The Morgan fingerprint density at radius 2 is 1.38 bits per heavy atom. The Balaban J connectivity index is 2.91. The van der Waals surface area contributed by atoms with Crippen molar-refractivity contribution >= 4 is 17.8 Å². The third kappa shape index (κ3) is 4.79. The lowest BCUT2D eigenvalue weighted by Crippen LogP contribution is -2.40. The third-order valence-corrected chi connectivity index (χ3v) is 2.72. The quantitative estimate of drug-likeness (QED) is 0.710. The van der Waals surface area contributed by atoms with Crippen molar-refractivity contribution in [1.82, 2.24) is 4.90 Å². The molecule has 0 unspecified atom stereocenters. The number of methoxy groups -OCH3 is 3. The van der Waals surface area contributed by atoms with Gasteiger partial charge in [0.15, 0.2) is 0 Å². The first-order valence-corrected chi connectivity index (χ1v) is 6.08. The number of hydrogen-bond donors (Lipinski definition) is 0. The van der Waals surface area contributed by atoms with E-state index in [0.29, 0.717) is 11.3 Å². The smallest absolute Gasteiger partial charge is 0.325 e. The zero-order valence-electron chi connectivity index (χ0n) is 12.1. The number of carbonyl (C=O) groups is 3. The Kier molecular flexibility index (Phi) is 6.19. The maximum atomic E-state index is 12.3. The van der Waals surface area contributed by atoms with E-state index in [0.717, 1.165) is 4.90 Å². The van der Waals surface area contributed by atoms with Gasteiger partial charge in [0.25, 0.3) is 5.91 Å². The molecular weight excluding hydrogens is 278 g/mol. The van der Waals surface area contributed by atoms with Gasteiger partial charge in [-0.2, -0.15) is 0 Å². The van der Waals surface area contributed by atoms with Gasteiger partial charge in [0.2, 0.25) is 0 Å². The Bertz CT molecular complexity index is 493. The van der Waals surface area contributed by atoms with Crippen LogP contribution >= 0.6 is 0 Å². The first-order chi connectivity index (χ1) is 10.0. The normalized spacial score (nSPS) is 9.67. The van der Waals surface area contributed by atoms with Gasteiger partial charge in [-0.15, -0.1) is 0 Å². The molecule has 0 spiro atoms. The molecule has 0 radical (unpaired) electrons. The summed E-state index contributed by atoms with van der Waals surface area (Å²) >= 11 is 0. The maximum absolute atomic E-state index is 12.3. The minimum absolute atomic E-state index is 0.323. The van der Waals surface area contributed by atoms with Crippen LogP contribution in [-0.4, -0.2) is 57.2 Å². The molecule has 7 heteroatoms. The van der Waals surface area contributed by atoms with Crippen LogP contribution in [0.1, 0.15) is 10.4 Å². The zero-order chi connectivity index (χ0) is 15.8. The standard InChI is InChI=1S/C14H17NO6/c1-19-11-6-4-10(5-7-11)14(18)15(8-12(16)20-2)9-13(17)21-3/h4-7H,8-9H2,1-3H3. The molecule has 7 nitrogen and oxygen atoms in total. The lowest BCUT2D eigenvalue weighted by molar-refractivity contribution is -0.144. The van der Waals surface area contributed by atoms with Crippen molar-refractivity contribution in [3.63, 3.8) is 0 Å². The summed E-state index contributed by atoms with van der Waals surface area (Å²) in [5.41, 5.74) is 0.323. The molecule has 0 fully saturated rings. The Hall–Kier alpha value is -2.57. The monoisotopic (exact) mass is 295 g/mol. The highest BCUT2D eigenvalue weighted by Gasteiger charge is 2.22. The summed E-state index contributed by atoms with van der Waals surface area (Å²) in [7, 11) is 3.92. The van der Waals surface area contributed by atoms with Gasteiger partial charge in [0.1, 0.15) is 18.8 Å². The minimum atomic E-state index is -0.624. The lowest BCUT2D eigenvalue weighted by Gasteiger charge is -2.20. The average Bonchev–Trinajstić information content (AvgIpc) is 2.53. The summed E-state index contributed by atoms with van der Waals surface area (Å²) in [6.07, 6.45) is 0.